The van der Waals surface area contributed by atoms with Crippen LogP contribution < -0.4 is 5.73 Å². The fourth-order valence-electron chi connectivity index (χ4n) is 5.53. The van der Waals surface area contributed by atoms with E-state index in [1.165, 1.54) is 64.2 Å². The van der Waals surface area contributed by atoms with Crippen LogP contribution >= 0.6 is 7.82 Å². The van der Waals surface area contributed by atoms with Crippen molar-refractivity contribution in [1.29, 1.82) is 0 Å². The number of allylic oxidation sites excluding steroid dienone is 6. The lowest BCUT2D eigenvalue weighted by Gasteiger charge is -2.19. The predicted molar refractivity (Wildman–Crippen MR) is 210 cm³/mol. The fraction of sp³-hybridized carbons (Fsp3) is 0.756. The van der Waals surface area contributed by atoms with Crippen LogP contribution in [0.3, 0.4) is 0 Å². The van der Waals surface area contributed by atoms with Gasteiger partial charge in [-0.3, -0.25) is 18.6 Å². The number of ether oxygens (including phenoxy) is 3. The SMILES string of the molecule is CCC=CCC=CCC1OC1CC=CCC=CCCCC(=O)OC(COC(=O)CCCCCCCCCCCCCCC)COP(=O)(O)OCCN. The second kappa shape index (κ2) is 33.5. The Balaban J connectivity index is 2.25. The third kappa shape index (κ3) is 30.4. The minimum atomic E-state index is -4.39. The van der Waals surface area contributed by atoms with Crippen LogP contribution in [0, 0.1) is 0 Å². The minimum absolute atomic E-state index is 0.0412. The van der Waals surface area contributed by atoms with Gasteiger partial charge < -0.3 is 24.8 Å². The molecule has 300 valence electrons. The standard InChI is InChI=1S/C41H72NO9P/c1-3-5-7-9-11-12-13-14-15-16-19-23-27-31-40(43)47-35-37(36-49-52(45,46)48-34-33-42)50-41(44)32-28-24-20-17-18-22-26-30-39-38(51-39)29-25-21-10-8-6-4-2/h6,8,17,20-22,25-26,37-39H,3-5,7,9-16,18-19,23-24,27-36,42H2,1-2H3,(H,45,46). The number of epoxide rings is 1. The number of phosphoric acid groups is 1. The average molecular weight is 754 g/mol. The lowest BCUT2D eigenvalue weighted by atomic mass is 10.0. The molecular weight excluding hydrogens is 681 g/mol. The van der Waals surface area contributed by atoms with Crippen molar-refractivity contribution in [3.63, 3.8) is 0 Å². The first-order valence-corrected chi connectivity index (χ1v) is 21.7. The summed E-state index contributed by atoms with van der Waals surface area (Å²) < 4.78 is 38.4. The van der Waals surface area contributed by atoms with Crippen molar-refractivity contribution >= 4 is 19.8 Å². The van der Waals surface area contributed by atoms with E-state index in [4.69, 9.17) is 29.0 Å². The zero-order valence-electron chi connectivity index (χ0n) is 32.5. The van der Waals surface area contributed by atoms with E-state index < -0.39 is 32.5 Å². The van der Waals surface area contributed by atoms with E-state index in [1.54, 1.807) is 0 Å². The molecule has 1 saturated heterocycles. The molecule has 1 aliphatic rings. The maximum atomic E-state index is 12.5. The summed E-state index contributed by atoms with van der Waals surface area (Å²) >= 11 is 0. The maximum Gasteiger partial charge on any atom is 0.472 e. The van der Waals surface area contributed by atoms with Crippen LogP contribution in [0.1, 0.15) is 155 Å². The fourth-order valence-corrected chi connectivity index (χ4v) is 6.30. The van der Waals surface area contributed by atoms with E-state index in [-0.39, 0.29) is 32.6 Å². The number of esters is 2. The molecule has 0 aliphatic carbocycles. The molecular formula is C41H72NO9P. The molecule has 0 aromatic heterocycles. The highest BCUT2D eigenvalue weighted by molar-refractivity contribution is 7.47. The average Bonchev–Trinajstić information content (AvgIpc) is 3.89. The summed E-state index contributed by atoms with van der Waals surface area (Å²) in [5.41, 5.74) is 5.33. The molecule has 4 atom stereocenters. The topological polar surface area (TPSA) is 147 Å². The van der Waals surface area contributed by atoms with Crippen LogP contribution in [-0.2, 0) is 37.4 Å². The number of rotatable bonds is 36. The third-order valence-corrected chi connectivity index (χ3v) is 9.62. The summed E-state index contributed by atoms with van der Waals surface area (Å²) in [6.45, 7) is 3.52. The first kappa shape index (κ1) is 48.0. The van der Waals surface area contributed by atoms with Gasteiger partial charge in [0.2, 0.25) is 0 Å². The van der Waals surface area contributed by atoms with Crippen LogP contribution in [0.25, 0.3) is 0 Å². The van der Waals surface area contributed by atoms with Crippen molar-refractivity contribution in [2.45, 2.75) is 173 Å². The van der Waals surface area contributed by atoms with Gasteiger partial charge in [0.1, 0.15) is 6.61 Å². The van der Waals surface area contributed by atoms with Crippen molar-refractivity contribution in [1.82, 2.24) is 0 Å². The highest BCUT2D eigenvalue weighted by Crippen LogP contribution is 2.43. The largest absolute Gasteiger partial charge is 0.472 e. The lowest BCUT2D eigenvalue weighted by Crippen LogP contribution is -2.29. The van der Waals surface area contributed by atoms with Gasteiger partial charge in [0.05, 0.1) is 25.4 Å². The molecule has 52 heavy (non-hydrogen) atoms. The molecule has 10 nitrogen and oxygen atoms in total. The van der Waals surface area contributed by atoms with Crippen LogP contribution in [0.15, 0.2) is 48.6 Å². The van der Waals surface area contributed by atoms with Gasteiger partial charge in [-0.2, -0.15) is 0 Å². The molecule has 0 spiro atoms. The van der Waals surface area contributed by atoms with E-state index >= 15 is 0 Å². The Bertz CT molecular complexity index is 1060. The van der Waals surface area contributed by atoms with Gasteiger partial charge in [0, 0.05) is 19.4 Å². The van der Waals surface area contributed by atoms with E-state index in [0.29, 0.717) is 25.0 Å². The molecule has 1 aliphatic heterocycles. The van der Waals surface area contributed by atoms with Crippen molar-refractivity contribution < 1.29 is 42.3 Å². The Morgan fingerprint density at radius 3 is 1.81 bits per heavy atom. The van der Waals surface area contributed by atoms with Gasteiger partial charge in [-0.05, 0) is 51.4 Å². The van der Waals surface area contributed by atoms with Crippen LogP contribution in [0.4, 0.5) is 0 Å². The summed E-state index contributed by atoms with van der Waals surface area (Å²) in [6.07, 6.45) is 38.9. The Hall–Kier alpha value is -2.07. The molecule has 4 unspecified atom stereocenters. The zero-order chi connectivity index (χ0) is 38.0. The van der Waals surface area contributed by atoms with Gasteiger partial charge in [0.15, 0.2) is 6.10 Å². The molecule has 0 amide bonds. The van der Waals surface area contributed by atoms with Crippen LogP contribution in [-0.4, -0.2) is 61.5 Å². The van der Waals surface area contributed by atoms with Crippen molar-refractivity contribution in [3.8, 4) is 0 Å². The summed E-state index contributed by atoms with van der Waals surface area (Å²) in [5.74, 6) is -0.904. The summed E-state index contributed by atoms with van der Waals surface area (Å²) in [7, 11) is -4.39. The molecule has 0 aromatic carbocycles. The summed E-state index contributed by atoms with van der Waals surface area (Å²) in [4.78, 5) is 34.8. The monoisotopic (exact) mass is 753 g/mol. The molecule has 1 heterocycles. The Kier molecular flexibility index (Phi) is 30.9. The predicted octanol–water partition coefficient (Wildman–Crippen LogP) is 10.1. The first-order valence-electron chi connectivity index (χ1n) is 20.2. The number of hydrogen-bond acceptors (Lipinski definition) is 9. The highest BCUT2D eigenvalue weighted by Gasteiger charge is 2.36. The Morgan fingerprint density at radius 2 is 1.23 bits per heavy atom. The van der Waals surface area contributed by atoms with Gasteiger partial charge in [-0.1, -0.05) is 140 Å². The molecule has 0 radical (unpaired) electrons. The van der Waals surface area contributed by atoms with Crippen LogP contribution in [0.2, 0.25) is 0 Å². The zero-order valence-corrected chi connectivity index (χ0v) is 33.4. The summed E-state index contributed by atoms with van der Waals surface area (Å²) in [6, 6.07) is 0. The molecule has 11 heteroatoms. The van der Waals surface area contributed by atoms with Gasteiger partial charge in [-0.25, -0.2) is 4.57 Å². The van der Waals surface area contributed by atoms with E-state index in [1.807, 2.05) is 6.08 Å². The van der Waals surface area contributed by atoms with Gasteiger partial charge in [-0.15, -0.1) is 0 Å². The number of carbonyl (C=O) groups is 2. The number of hydrogen-bond donors (Lipinski definition) is 2. The summed E-state index contributed by atoms with van der Waals surface area (Å²) in [5, 5.41) is 0. The lowest BCUT2D eigenvalue weighted by molar-refractivity contribution is -0.161. The van der Waals surface area contributed by atoms with E-state index in [9.17, 15) is 19.0 Å². The van der Waals surface area contributed by atoms with Crippen molar-refractivity contribution in [2.24, 2.45) is 5.73 Å². The second-order valence-electron chi connectivity index (χ2n) is 13.5. The first-order chi connectivity index (χ1) is 25.3. The van der Waals surface area contributed by atoms with Gasteiger partial charge >= 0.3 is 19.8 Å². The molecule has 0 aromatic rings. The Labute approximate surface area is 315 Å². The quantitative estimate of drug-likeness (QED) is 0.0208. The number of unbranched alkanes of at least 4 members (excludes halogenated alkanes) is 13. The maximum absolute atomic E-state index is 12.5. The van der Waals surface area contributed by atoms with Gasteiger partial charge in [0.25, 0.3) is 0 Å². The normalized spacial score (nSPS) is 17.8. The molecule has 0 saturated carbocycles. The van der Waals surface area contributed by atoms with E-state index in [0.717, 1.165) is 51.4 Å². The molecule has 0 bridgehead atoms. The molecule has 1 rings (SSSR count). The van der Waals surface area contributed by atoms with E-state index in [2.05, 4.69) is 56.4 Å². The highest BCUT2D eigenvalue weighted by atomic mass is 31.2. The number of nitrogens with two attached hydrogens (primary N) is 1. The minimum Gasteiger partial charge on any atom is -0.462 e. The number of phosphoric ester groups is 1. The molecule has 3 N–H and O–H groups in total. The van der Waals surface area contributed by atoms with Crippen molar-refractivity contribution in [2.75, 3.05) is 26.4 Å². The van der Waals surface area contributed by atoms with Crippen LogP contribution in [0.5, 0.6) is 0 Å². The Morgan fingerprint density at radius 1 is 0.692 bits per heavy atom. The number of carbonyl (C=O) groups excluding carboxylic acids is 2. The molecule has 1 fully saturated rings. The second-order valence-corrected chi connectivity index (χ2v) is 15.0. The van der Waals surface area contributed by atoms with Crippen molar-refractivity contribution in [3.05, 3.63) is 48.6 Å². The third-order valence-electron chi connectivity index (χ3n) is 8.63. The smallest absolute Gasteiger partial charge is 0.462 e.